The molecule has 4 rings (SSSR count). The van der Waals surface area contributed by atoms with Gasteiger partial charge in [-0.1, -0.05) is 92.8 Å². The van der Waals surface area contributed by atoms with Crippen LogP contribution < -0.4 is 0 Å². The normalized spacial score (nSPS) is 18.1. The highest BCUT2D eigenvalue weighted by molar-refractivity contribution is 8.37. The van der Waals surface area contributed by atoms with E-state index in [1.54, 1.807) is 0 Å². The maximum absolute atomic E-state index is 3.61. The van der Waals surface area contributed by atoms with Gasteiger partial charge in [0.2, 0.25) is 0 Å². The van der Waals surface area contributed by atoms with Crippen LogP contribution in [-0.2, 0) is 0 Å². The van der Waals surface area contributed by atoms with Crippen molar-refractivity contribution in [2.45, 2.75) is 35.3 Å². The summed E-state index contributed by atoms with van der Waals surface area (Å²) >= 11 is 0. The molecule has 0 nitrogen and oxygen atoms in total. The molecule has 142 valence electrons. The molecule has 0 radical (unpaired) electrons. The molecule has 2 aromatic rings. The average Bonchev–Trinajstić information content (AvgIpc) is 3.08. The molecule has 2 aliphatic carbocycles. The molecule has 0 heterocycles. The maximum Gasteiger partial charge on any atom is 0.0409 e. The lowest BCUT2D eigenvalue weighted by molar-refractivity contribution is 1.03. The Bertz CT molecular complexity index is 897. The fourth-order valence-electron chi connectivity index (χ4n) is 3.63. The van der Waals surface area contributed by atoms with Crippen molar-refractivity contribution in [1.82, 2.24) is 0 Å². The standard InChI is InChI=1S/C25H22S.C2H6/c1-2-7-15-22(14-6-1)26(23-16-8-3-9-17-23,24-18-10-4-11-19-24)25-20-12-5-13-21-25;1-2/h1-14,16-20,25H,21H2;1-2H3. The molecule has 0 aliphatic heterocycles. The monoisotopic (exact) mass is 384 g/mol. The number of allylic oxidation sites excluding steroid dienone is 7. The summed E-state index contributed by atoms with van der Waals surface area (Å²) in [6.45, 7) is 4.00. The Morgan fingerprint density at radius 3 is 1.96 bits per heavy atom. The van der Waals surface area contributed by atoms with Crippen molar-refractivity contribution in [2.24, 2.45) is 0 Å². The van der Waals surface area contributed by atoms with Crippen molar-refractivity contribution in [3.8, 4) is 0 Å². The summed E-state index contributed by atoms with van der Waals surface area (Å²) < 4.78 is 0. The van der Waals surface area contributed by atoms with E-state index in [9.17, 15) is 0 Å². The zero-order chi connectivity index (χ0) is 19.7. The molecule has 2 aromatic carbocycles. The van der Waals surface area contributed by atoms with Crippen molar-refractivity contribution < 1.29 is 0 Å². The molecule has 0 aromatic heterocycles. The van der Waals surface area contributed by atoms with Crippen LogP contribution >= 0.6 is 10.0 Å². The molecular weight excluding hydrogens is 356 g/mol. The lowest BCUT2D eigenvalue weighted by Crippen LogP contribution is -2.19. The summed E-state index contributed by atoms with van der Waals surface area (Å²) in [5, 5.41) is 0.413. The minimum absolute atomic E-state index is 0.413. The van der Waals surface area contributed by atoms with E-state index in [0.717, 1.165) is 6.42 Å². The lowest BCUT2D eigenvalue weighted by atomic mass is 10.2. The number of benzene rings is 2. The van der Waals surface area contributed by atoms with Crippen LogP contribution in [0.25, 0.3) is 0 Å². The zero-order valence-corrected chi connectivity index (χ0v) is 17.5. The van der Waals surface area contributed by atoms with Crippen molar-refractivity contribution in [1.29, 1.82) is 0 Å². The Morgan fingerprint density at radius 2 is 1.39 bits per heavy atom. The number of hydrogen-bond acceptors (Lipinski definition) is 0. The van der Waals surface area contributed by atoms with Gasteiger partial charge in [-0.05, 0) is 52.6 Å². The summed E-state index contributed by atoms with van der Waals surface area (Å²) in [6.07, 6.45) is 20.7. The van der Waals surface area contributed by atoms with E-state index >= 15 is 0 Å². The summed E-state index contributed by atoms with van der Waals surface area (Å²) in [6, 6.07) is 22.0. The second-order valence-corrected chi connectivity index (χ2v) is 9.60. The minimum Gasteiger partial charge on any atom is -0.146 e. The third-order valence-electron chi connectivity index (χ3n) is 4.76. The third-order valence-corrected chi connectivity index (χ3v) is 9.00. The molecule has 0 spiro atoms. The van der Waals surface area contributed by atoms with Crippen LogP contribution in [0.15, 0.2) is 136 Å². The first kappa shape index (κ1) is 20.0. The fourth-order valence-corrected chi connectivity index (χ4v) is 7.89. The smallest absolute Gasteiger partial charge is 0.0409 e. The average molecular weight is 385 g/mol. The summed E-state index contributed by atoms with van der Waals surface area (Å²) in [7, 11) is -1.47. The second-order valence-electron chi connectivity index (χ2n) is 6.29. The minimum atomic E-state index is -1.47. The molecule has 0 amide bonds. The van der Waals surface area contributed by atoms with Crippen LogP contribution in [0.3, 0.4) is 0 Å². The van der Waals surface area contributed by atoms with Crippen molar-refractivity contribution >= 4 is 10.0 Å². The topological polar surface area (TPSA) is 0 Å². The van der Waals surface area contributed by atoms with Gasteiger partial charge < -0.3 is 0 Å². The molecular formula is C27H28S. The van der Waals surface area contributed by atoms with Gasteiger partial charge >= 0.3 is 0 Å². The van der Waals surface area contributed by atoms with Gasteiger partial charge in [0.1, 0.15) is 0 Å². The van der Waals surface area contributed by atoms with Gasteiger partial charge in [0.05, 0.1) is 0 Å². The predicted molar refractivity (Wildman–Crippen MR) is 125 cm³/mol. The highest BCUT2D eigenvalue weighted by Crippen LogP contribution is 2.72. The SMILES string of the molecule is C1=CC=CC=CC=1S(c1ccccc1)(c1ccccc1)C1C=CC=CC1.CC. The first-order chi connectivity index (χ1) is 13.9. The first-order valence-electron chi connectivity index (χ1n) is 9.98. The Kier molecular flexibility index (Phi) is 7.14. The van der Waals surface area contributed by atoms with Gasteiger partial charge in [-0.15, -0.1) is 15.8 Å². The van der Waals surface area contributed by atoms with E-state index in [1.165, 1.54) is 14.7 Å². The van der Waals surface area contributed by atoms with Crippen LogP contribution in [0.1, 0.15) is 20.3 Å². The van der Waals surface area contributed by atoms with E-state index < -0.39 is 10.0 Å². The van der Waals surface area contributed by atoms with Crippen molar-refractivity contribution in [2.75, 3.05) is 0 Å². The molecule has 1 unspecified atom stereocenters. The van der Waals surface area contributed by atoms with Gasteiger partial charge in [0.15, 0.2) is 0 Å². The van der Waals surface area contributed by atoms with Gasteiger partial charge in [-0.25, -0.2) is 0 Å². The molecule has 28 heavy (non-hydrogen) atoms. The Labute approximate surface area is 171 Å². The molecule has 0 bridgehead atoms. The van der Waals surface area contributed by atoms with Crippen LogP contribution in [-0.4, -0.2) is 5.25 Å². The Hall–Kier alpha value is -2.73. The van der Waals surface area contributed by atoms with E-state index in [4.69, 9.17) is 0 Å². The predicted octanol–water partition coefficient (Wildman–Crippen LogP) is 7.99. The Balaban J connectivity index is 0.00000109. The number of rotatable bonds is 4. The van der Waals surface area contributed by atoms with Crippen LogP contribution in [0.4, 0.5) is 0 Å². The van der Waals surface area contributed by atoms with E-state index in [0.29, 0.717) is 5.25 Å². The molecule has 1 heteroatoms. The number of hydrogen-bond donors (Lipinski definition) is 0. The quantitative estimate of drug-likeness (QED) is 0.469. The van der Waals surface area contributed by atoms with Crippen LogP contribution in [0.5, 0.6) is 0 Å². The summed E-state index contributed by atoms with van der Waals surface area (Å²) in [4.78, 5) is 4.06. The molecule has 0 saturated carbocycles. The van der Waals surface area contributed by atoms with E-state index in [1.807, 2.05) is 19.9 Å². The molecule has 0 fully saturated rings. The first-order valence-corrected chi connectivity index (χ1v) is 11.7. The fraction of sp³-hybridized carbons (Fsp3) is 0.148. The van der Waals surface area contributed by atoms with Gasteiger partial charge in [-0.2, -0.15) is 0 Å². The third kappa shape index (κ3) is 3.92. The second kappa shape index (κ2) is 9.99. The van der Waals surface area contributed by atoms with E-state index in [-0.39, 0.29) is 0 Å². The highest BCUT2D eigenvalue weighted by atomic mass is 32.3. The summed E-state index contributed by atoms with van der Waals surface area (Å²) in [5.74, 6) is 0. The highest BCUT2D eigenvalue weighted by Gasteiger charge is 2.38. The van der Waals surface area contributed by atoms with Crippen LogP contribution in [0.2, 0.25) is 0 Å². The van der Waals surface area contributed by atoms with E-state index in [2.05, 4.69) is 115 Å². The molecule has 1 atom stereocenters. The van der Waals surface area contributed by atoms with Gasteiger partial charge in [0.25, 0.3) is 0 Å². The van der Waals surface area contributed by atoms with Gasteiger partial charge in [-0.3, -0.25) is 0 Å². The lowest BCUT2D eigenvalue weighted by Gasteiger charge is -2.47. The maximum atomic E-state index is 3.61. The largest absolute Gasteiger partial charge is 0.146 e. The zero-order valence-electron chi connectivity index (χ0n) is 16.7. The van der Waals surface area contributed by atoms with Gasteiger partial charge in [0, 0.05) is 10.2 Å². The van der Waals surface area contributed by atoms with Crippen molar-refractivity contribution in [3.05, 3.63) is 126 Å². The molecule has 0 N–H and O–H groups in total. The molecule has 0 saturated heterocycles. The Morgan fingerprint density at radius 1 is 0.750 bits per heavy atom. The van der Waals surface area contributed by atoms with Crippen molar-refractivity contribution in [3.63, 3.8) is 0 Å². The van der Waals surface area contributed by atoms with Crippen LogP contribution in [0, 0.1) is 0 Å². The molecule has 2 aliphatic rings. The summed E-state index contributed by atoms with van der Waals surface area (Å²) in [5.41, 5.74) is 3.61.